The Labute approximate surface area is 123 Å². The molecule has 1 aromatic rings. The number of nitrogens with one attached hydrogen (secondary N) is 1. The second kappa shape index (κ2) is 6.69. The minimum absolute atomic E-state index is 0.248. The third kappa shape index (κ3) is 4.04. The highest BCUT2D eigenvalue weighted by Gasteiger charge is 2.21. The predicted octanol–water partition coefficient (Wildman–Crippen LogP) is 1.24. The number of nitrogens with two attached hydrogens (primary N) is 1. The quantitative estimate of drug-likeness (QED) is 0.610. The van der Waals surface area contributed by atoms with Crippen LogP contribution in [0.15, 0.2) is 11.0 Å². The normalized spacial score (nSPS) is 13.4. The van der Waals surface area contributed by atoms with E-state index in [-0.39, 0.29) is 11.4 Å². The summed E-state index contributed by atoms with van der Waals surface area (Å²) in [7, 11) is -4.50. The van der Waals surface area contributed by atoms with Gasteiger partial charge in [0.05, 0.1) is 4.90 Å². The molecule has 0 aliphatic carbocycles. The molecule has 0 radical (unpaired) electrons. The van der Waals surface area contributed by atoms with Crippen LogP contribution in [0.25, 0.3) is 0 Å². The topological polar surface area (TPSA) is 89.3 Å². The molecule has 3 N–H and O–H groups in total. The fourth-order valence-electron chi connectivity index (χ4n) is 2.15. The van der Waals surface area contributed by atoms with E-state index in [1.54, 1.807) is 26.2 Å². The third-order valence-corrected chi connectivity index (χ3v) is 5.74. The van der Waals surface area contributed by atoms with Gasteiger partial charge in [0.1, 0.15) is 0 Å². The molecule has 7 heteroatoms. The average Bonchev–Trinajstić information content (AvgIpc) is 2.31. The highest BCUT2D eigenvalue weighted by Crippen LogP contribution is 2.27. The van der Waals surface area contributed by atoms with E-state index in [9.17, 15) is 12.6 Å². The first-order valence-electron chi connectivity index (χ1n) is 6.32. The summed E-state index contributed by atoms with van der Waals surface area (Å²) in [5.74, 6) is 0.483. The maximum absolute atomic E-state index is 12.3. The van der Waals surface area contributed by atoms with Gasteiger partial charge in [0.15, 0.2) is 0 Å². The van der Waals surface area contributed by atoms with E-state index in [0.29, 0.717) is 29.0 Å². The molecule has 114 valence electrons. The lowest BCUT2D eigenvalue weighted by molar-refractivity contribution is 0.579. The van der Waals surface area contributed by atoms with Crippen molar-refractivity contribution in [3.8, 4) is 0 Å². The number of hydrogen-bond acceptors (Lipinski definition) is 4. The Balaban J connectivity index is 2.99. The van der Waals surface area contributed by atoms with Crippen LogP contribution in [0.3, 0.4) is 0 Å². The van der Waals surface area contributed by atoms with Crippen molar-refractivity contribution < 1.29 is 12.6 Å². The number of benzene rings is 1. The molecule has 0 amide bonds. The van der Waals surface area contributed by atoms with E-state index >= 15 is 0 Å². The van der Waals surface area contributed by atoms with E-state index in [1.165, 1.54) is 0 Å². The lowest BCUT2D eigenvalue weighted by Gasteiger charge is -2.15. The van der Waals surface area contributed by atoms with Crippen molar-refractivity contribution in [2.24, 2.45) is 0 Å². The van der Waals surface area contributed by atoms with Crippen LogP contribution in [0.2, 0.25) is 0 Å². The van der Waals surface area contributed by atoms with Crippen LogP contribution in [0, 0.1) is 20.8 Å². The highest BCUT2D eigenvalue weighted by atomic mass is 32.2. The Morgan fingerprint density at radius 3 is 2.40 bits per heavy atom. The fourth-order valence-corrected chi connectivity index (χ4v) is 4.25. The highest BCUT2D eigenvalue weighted by molar-refractivity contribution is 7.89. The van der Waals surface area contributed by atoms with E-state index in [1.807, 2.05) is 6.92 Å². The molecular formula is C13H22N2O3S2. The Morgan fingerprint density at radius 2 is 1.85 bits per heavy atom. The first kappa shape index (κ1) is 17.1. The molecule has 0 heterocycles. The molecule has 1 rings (SSSR count). The summed E-state index contributed by atoms with van der Waals surface area (Å²) in [4.78, 5) is 0.248. The van der Waals surface area contributed by atoms with Gasteiger partial charge in [0, 0.05) is 35.0 Å². The van der Waals surface area contributed by atoms with Crippen LogP contribution in [-0.4, -0.2) is 31.2 Å². The van der Waals surface area contributed by atoms with E-state index in [2.05, 4.69) is 4.72 Å². The molecule has 0 bridgehead atoms. The Hall–Kier alpha value is -0.920. The van der Waals surface area contributed by atoms with Crippen molar-refractivity contribution in [1.82, 2.24) is 4.72 Å². The van der Waals surface area contributed by atoms with Gasteiger partial charge >= 0.3 is 0 Å². The van der Waals surface area contributed by atoms with Crippen molar-refractivity contribution in [1.29, 1.82) is 0 Å². The summed E-state index contributed by atoms with van der Waals surface area (Å²) in [5, 5.41) is 0. The zero-order valence-corrected chi connectivity index (χ0v) is 14.0. The molecular weight excluding hydrogens is 296 g/mol. The minimum atomic E-state index is -3.59. The number of sulfonamides is 1. The molecule has 1 aromatic carbocycles. The largest absolute Gasteiger partial charge is 0.398 e. The summed E-state index contributed by atoms with van der Waals surface area (Å²) in [6, 6.07) is 1.78. The minimum Gasteiger partial charge on any atom is -0.398 e. The lowest BCUT2D eigenvalue weighted by atomic mass is 10.1. The summed E-state index contributed by atoms with van der Waals surface area (Å²) in [5.41, 5.74) is 8.55. The van der Waals surface area contributed by atoms with Gasteiger partial charge in [-0.25, -0.2) is 13.1 Å². The summed E-state index contributed by atoms with van der Waals surface area (Å²) in [6.45, 7) is 5.60. The van der Waals surface area contributed by atoms with E-state index < -0.39 is 20.8 Å². The molecule has 0 aliphatic rings. The number of aryl methyl sites for hydroxylation is 2. The van der Waals surface area contributed by atoms with Crippen LogP contribution in [0.4, 0.5) is 5.69 Å². The molecule has 1 unspecified atom stereocenters. The van der Waals surface area contributed by atoms with Gasteiger partial charge < -0.3 is 5.73 Å². The molecule has 0 saturated carbocycles. The standard InChI is InChI=1S/C13H22N2O3S2/c1-9-8-10(2)13(11(3)12(9)14)20(17,18)15-6-5-7-19(4)16/h8,15H,5-7,14H2,1-4H3. The molecule has 5 nitrogen and oxygen atoms in total. The van der Waals surface area contributed by atoms with Gasteiger partial charge in [-0.15, -0.1) is 0 Å². The smallest absolute Gasteiger partial charge is 0.241 e. The van der Waals surface area contributed by atoms with Gasteiger partial charge in [0.25, 0.3) is 0 Å². The molecule has 0 fully saturated rings. The summed E-state index contributed by atoms with van der Waals surface area (Å²) < 4.78 is 38.2. The Morgan fingerprint density at radius 1 is 1.25 bits per heavy atom. The fraction of sp³-hybridized carbons (Fsp3) is 0.538. The zero-order chi connectivity index (χ0) is 15.5. The van der Waals surface area contributed by atoms with E-state index in [4.69, 9.17) is 5.73 Å². The van der Waals surface area contributed by atoms with Gasteiger partial charge in [-0.05, 0) is 43.9 Å². The summed E-state index contributed by atoms with van der Waals surface area (Å²) in [6.07, 6.45) is 2.14. The molecule has 0 spiro atoms. The Bertz CT molecular complexity index is 625. The second-order valence-electron chi connectivity index (χ2n) is 4.91. The first-order chi connectivity index (χ1) is 9.16. The third-order valence-electron chi connectivity index (χ3n) is 3.13. The SMILES string of the molecule is Cc1cc(C)c(S(=O)(=O)NCCCS(C)=O)c(C)c1N. The molecule has 0 aromatic heterocycles. The molecule has 0 aliphatic heterocycles. The molecule has 0 saturated heterocycles. The summed E-state index contributed by atoms with van der Waals surface area (Å²) >= 11 is 0. The van der Waals surface area contributed by atoms with Gasteiger partial charge in [0.2, 0.25) is 10.0 Å². The van der Waals surface area contributed by atoms with Crippen molar-refractivity contribution >= 4 is 26.5 Å². The van der Waals surface area contributed by atoms with Gasteiger partial charge in [-0.2, -0.15) is 0 Å². The molecule has 20 heavy (non-hydrogen) atoms. The second-order valence-corrected chi connectivity index (χ2v) is 8.17. The average molecular weight is 318 g/mol. The van der Waals surface area contributed by atoms with Crippen molar-refractivity contribution in [3.63, 3.8) is 0 Å². The van der Waals surface area contributed by atoms with Crippen molar-refractivity contribution in [2.75, 3.05) is 24.3 Å². The van der Waals surface area contributed by atoms with Gasteiger partial charge in [-0.1, -0.05) is 6.07 Å². The first-order valence-corrected chi connectivity index (χ1v) is 9.54. The van der Waals surface area contributed by atoms with Crippen molar-refractivity contribution in [2.45, 2.75) is 32.1 Å². The van der Waals surface area contributed by atoms with Crippen LogP contribution >= 0.6 is 0 Å². The van der Waals surface area contributed by atoms with Crippen LogP contribution in [0.1, 0.15) is 23.1 Å². The van der Waals surface area contributed by atoms with Crippen LogP contribution < -0.4 is 10.5 Å². The van der Waals surface area contributed by atoms with E-state index in [0.717, 1.165) is 5.56 Å². The van der Waals surface area contributed by atoms with Crippen molar-refractivity contribution in [3.05, 3.63) is 22.8 Å². The Kier molecular flexibility index (Phi) is 5.73. The lowest BCUT2D eigenvalue weighted by Crippen LogP contribution is -2.27. The molecule has 1 atom stereocenters. The van der Waals surface area contributed by atoms with Crippen LogP contribution in [0.5, 0.6) is 0 Å². The maximum Gasteiger partial charge on any atom is 0.241 e. The monoisotopic (exact) mass is 318 g/mol. The number of rotatable bonds is 6. The number of anilines is 1. The number of hydrogen-bond donors (Lipinski definition) is 2. The van der Waals surface area contributed by atoms with Crippen LogP contribution in [-0.2, 0) is 20.8 Å². The maximum atomic E-state index is 12.3. The van der Waals surface area contributed by atoms with Gasteiger partial charge in [-0.3, -0.25) is 4.21 Å². The predicted molar refractivity (Wildman–Crippen MR) is 83.8 cm³/mol. The zero-order valence-electron chi connectivity index (χ0n) is 12.3. The number of nitrogen functional groups attached to an aromatic ring is 1.